The molecule has 1 aliphatic rings. The van der Waals surface area contributed by atoms with Gasteiger partial charge in [-0.25, -0.2) is 19.3 Å². The number of hydrogen-bond acceptors (Lipinski definition) is 4. The van der Waals surface area contributed by atoms with Crippen molar-refractivity contribution in [2.24, 2.45) is 4.99 Å². The highest BCUT2D eigenvalue weighted by molar-refractivity contribution is 6.31. The van der Waals surface area contributed by atoms with Crippen LogP contribution in [0.2, 0.25) is 5.02 Å². The Kier molecular flexibility index (Phi) is 6.05. The molecule has 7 nitrogen and oxygen atoms in total. The molecule has 0 radical (unpaired) electrons. The molecule has 35 heavy (non-hydrogen) atoms. The highest BCUT2D eigenvalue weighted by atomic mass is 35.5. The third-order valence-corrected chi connectivity index (χ3v) is 6.07. The third-order valence-electron chi connectivity index (χ3n) is 5.84. The Morgan fingerprint density at radius 1 is 1.11 bits per heavy atom. The van der Waals surface area contributed by atoms with Crippen molar-refractivity contribution in [1.29, 1.82) is 0 Å². The lowest BCUT2D eigenvalue weighted by Gasteiger charge is -2.10. The Bertz CT molecular complexity index is 1560. The second kappa shape index (κ2) is 9.31. The smallest absolute Gasteiger partial charge is 0.320 e. The molecule has 2 heterocycles. The normalized spacial score (nSPS) is 12.4. The van der Waals surface area contributed by atoms with E-state index >= 15 is 0 Å². The zero-order valence-electron chi connectivity index (χ0n) is 18.8. The Hall–Kier alpha value is -4.04. The number of carbonyl (C=O) groups is 1. The van der Waals surface area contributed by atoms with Gasteiger partial charge in [-0.05, 0) is 60.0 Å². The molecule has 176 valence electrons. The van der Waals surface area contributed by atoms with E-state index in [0.717, 1.165) is 11.1 Å². The van der Waals surface area contributed by atoms with Crippen LogP contribution in [0, 0.1) is 5.82 Å². The first-order chi connectivity index (χ1) is 16.9. The van der Waals surface area contributed by atoms with E-state index in [9.17, 15) is 14.0 Å². The lowest BCUT2D eigenvalue weighted by atomic mass is 9.97. The number of amidine groups is 1. The Balaban J connectivity index is 1.46. The molecule has 0 aliphatic carbocycles. The molecule has 4 aromatic rings. The maximum absolute atomic E-state index is 14.9. The summed E-state index contributed by atoms with van der Waals surface area (Å²) in [5, 5.41) is 13.8. The fraction of sp³-hybridized carbons (Fsp3) is 0.154. The van der Waals surface area contributed by atoms with E-state index in [1.54, 1.807) is 30.3 Å². The minimum absolute atomic E-state index is 0.292. The maximum Gasteiger partial charge on any atom is 0.320 e. The van der Waals surface area contributed by atoms with Gasteiger partial charge in [-0.3, -0.25) is 10.1 Å². The van der Waals surface area contributed by atoms with Crippen LogP contribution in [-0.4, -0.2) is 28.6 Å². The first-order valence-corrected chi connectivity index (χ1v) is 11.5. The van der Waals surface area contributed by atoms with Crippen LogP contribution < -0.4 is 16.2 Å². The predicted octanol–water partition coefficient (Wildman–Crippen LogP) is 4.88. The number of fused-ring (bicyclic) bond motifs is 2. The number of aliphatic imine (C=N–C) groups is 1. The number of amides is 2. The van der Waals surface area contributed by atoms with E-state index < -0.39 is 0 Å². The Labute approximate surface area is 205 Å². The number of halogens is 2. The summed E-state index contributed by atoms with van der Waals surface area (Å²) in [5.74, 6) is 0.186. The molecule has 3 aromatic carbocycles. The standard InChI is InChI=1S/C26H21ClFN5O2/c1-2-29-26(35)31-24-12-16-5-4-15(11-22(16)30-24)19-9-14(3-8-21(19)28)10-23-20-13-17(27)6-7-18(20)25(34)33-32-23/h3-9,11,13H,2,10,12H2,1H3,(H,33,34)(H2,29,30,31,35). The van der Waals surface area contributed by atoms with Crippen molar-refractivity contribution in [3.05, 3.63) is 92.6 Å². The van der Waals surface area contributed by atoms with Crippen LogP contribution in [0.5, 0.6) is 0 Å². The van der Waals surface area contributed by atoms with Crippen LogP contribution in [0.4, 0.5) is 14.9 Å². The molecule has 9 heteroatoms. The van der Waals surface area contributed by atoms with Gasteiger partial charge in [0.15, 0.2) is 0 Å². The molecule has 0 fully saturated rings. The van der Waals surface area contributed by atoms with Gasteiger partial charge in [-0.15, -0.1) is 0 Å². The Morgan fingerprint density at radius 3 is 2.80 bits per heavy atom. The topological polar surface area (TPSA) is 99.2 Å². The van der Waals surface area contributed by atoms with Crippen LogP contribution >= 0.6 is 11.6 Å². The number of hydrogen-bond donors (Lipinski definition) is 3. The summed E-state index contributed by atoms with van der Waals surface area (Å²) < 4.78 is 14.9. The van der Waals surface area contributed by atoms with E-state index in [4.69, 9.17) is 11.6 Å². The van der Waals surface area contributed by atoms with Gasteiger partial charge in [0.05, 0.1) is 16.8 Å². The van der Waals surface area contributed by atoms with Crippen LogP contribution in [-0.2, 0) is 12.8 Å². The fourth-order valence-corrected chi connectivity index (χ4v) is 4.35. The third kappa shape index (κ3) is 4.65. The summed E-state index contributed by atoms with van der Waals surface area (Å²) in [6.45, 7) is 2.35. The van der Waals surface area contributed by atoms with Gasteiger partial charge < -0.3 is 5.32 Å². The van der Waals surface area contributed by atoms with Gasteiger partial charge in [-0.2, -0.15) is 5.10 Å². The lowest BCUT2D eigenvalue weighted by Crippen LogP contribution is -2.39. The van der Waals surface area contributed by atoms with Crippen molar-refractivity contribution in [2.45, 2.75) is 19.8 Å². The summed E-state index contributed by atoms with van der Waals surface area (Å²) in [6, 6.07) is 15.2. The largest absolute Gasteiger partial charge is 0.338 e. The van der Waals surface area contributed by atoms with Gasteiger partial charge in [0.1, 0.15) is 11.7 Å². The van der Waals surface area contributed by atoms with E-state index in [1.165, 1.54) is 6.07 Å². The van der Waals surface area contributed by atoms with Crippen molar-refractivity contribution in [3.8, 4) is 11.1 Å². The molecule has 0 spiro atoms. The summed E-state index contributed by atoms with van der Waals surface area (Å²) in [6.07, 6.45) is 0.882. The molecule has 1 aliphatic heterocycles. The maximum atomic E-state index is 14.9. The van der Waals surface area contributed by atoms with Crippen molar-refractivity contribution in [1.82, 2.24) is 20.8 Å². The van der Waals surface area contributed by atoms with Crippen molar-refractivity contribution in [2.75, 3.05) is 6.54 Å². The molecular formula is C26H21ClFN5O2. The number of urea groups is 1. The molecular weight excluding hydrogens is 469 g/mol. The van der Waals surface area contributed by atoms with Crippen molar-refractivity contribution >= 4 is 39.9 Å². The summed E-state index contributed by atoms with van der Waals surface area (Å²) in [7, 11) is 0. The van der Waals surface area contributed by atoms with Crippen molar-refractivity contribution in [3.63, 3.8) is 0 Å². The first-order valence-electron chi connectivity index (χ1n) is 11.1. The lowest BCUT2D eigenvalue weighted by molar-refractivity contribution is 0.245. The molecule has 1 aromatic heterocycles. The molecule has 0 saturated heterocycles. The average molecular weight is 490 g/mol. The van der Waals surface area contributed by atoms with Gasteiger partial charge in [0, 0.05) is 35.4 Å². The zero-order valence-corrected chi connectivity index (χ0v) is 19.5. The summed E-state index contributed by atoms with van der Waals surface area (Å²) in [5.41, 5.74) is 3.93. The molecule has 2 amide bonds. The fourth-order valence-electron chi connectivity index (χ4n) is 4.18. The van der Waals surface area contributed by atoms with Gasteiger partial charge in [-0.1, -0.05) is 29.8 Å². The molecule has 0 atom stereocenters. The number of nitrogens with zero attached hydrogens (tertiary/aromatic N) is 2. The number of rotatable bonds is 4. The second-order valence-electron chi connectivity index (χ2n) is 8.24. The molecule has 0 saturated carbocycles. The van der Waals surface area contributed by atoms with E-state index in [2.05, 4.69) is 25.8 Å². The zero-order chi connectivity index (χ0) is 24.5. The summed E-state index contributed by atoms with van der Waals surface area (Å²) in [4.78, 5) is 28.4. The predicted molar refractivity (Wildman–Crippen MR) is 135 cm³/mol. The number of carbonyl (C=O) groups excluding carboxylic acids is 1. The van der Waals surface area contributed by atoms with Crippen LogP contribution in [0.25, 0.3) is 21.9 Å². The highest BCUT2D eigenvalue weighted by Crippen LogP contribution is 2.33. The quantitative estimate of drug-likeness (QED) is 0.381. The number of benzene rings is 3. The number of nitrogens with one attached hydrogen (secondary N) is 3. The number of aromatic nitrogens is 2. The number of H-pyrrole nitrogens is 1. The monoisotopic (exact) mass is 489 g/mol. The highest BCUT2D eigenvalue weighted by Gasteiger charge is 2.18. The van der Waals surface area contributed by atoms with Gasteiger partial charge in [0.2, 0.25) is 0 Å². The van der Waals surface area contributed by atoms with E-state index in [1.807, 2.05) is 25.1 Å². The van der Waals surface area contributed by atoms with Crippen LogP contribution in [0.1, 0.15) is 23.7 Å². The molecule has 5 rings (SSSR count). The average Bonchev–Trinajstić information content (AvgIpc) is 3.23. The van der Waals surface area contributed by atoms with Crippen LogP contribution in [0.15, 0.2) is 64.4 Å². The SMILES string of the molecule is CCNC(=O)NC1=Nc2cc(-c3cc(Cc4n[nH]c(=O)c5ccc(Cl)cc45)ccc3F)ccc2C1. The second-order valence-corrected chi connectivity index (χ2v) is 8.68. The minimum atomic E-state index is -0.362. The number of aromatic amines is 1. The van der Waals surface area contributed by atoms with E-state index in [0.29, 0.717) is 63.5 Å². The molecule has 3 N–H and O–H groups in total. The Morgan fingerprint density at radius 2 is 1.97 bits per heavy atom. The van der Waals surface area contributed by atoms with Crippen LogP contribution in [0.3, 0.4) is 0 Å². The van der Waals surface area contributed by atoms with E-state index in [-0.39, 0.29) is 17.4 Å². The van der Waals surface area contributed by atoms with Crippen molar-refractivity contribution < 1.29 is 9.18 Å². The van der Waals surface area contributed by atoms with Gasteiger partial charge in [0.25, 0.3) is 5.56 Å². The molecule has 0 unspecified atom stereocenters. The first kappa shape index (κ1) is 22.7. The summed E-state index contributed by atoms with van der Waals surface area (Å²) >= 11 is 6.15. The minimum Gasteiger partial charge on any atom is -0.338 e. The molecule has 0 bridgehead atoms. The van der Waals surface area contributed by atoms with Gasteiger partial charge >= 0.3 is 6.03 Å².